The lowest BCUT2D eigenvalue weighted by atomic mass is 10.3. The predicted octanol–water partition coefficient (Wildman–Crippen LogP) is 2.84. The van der Waals surface area contributed by atoms with Gasteiger partial charge in [-0.15, -0.1) is 0 Å². The van der Waals surface area contributed by atoms with E-state index < -0.39 is 23.5 Å². The molecule has 1 aromatic rings. The molecule has 0 heterocycles. The van der Waals surface area contributed by atoms with Crippen LogP contribution in [0.4, 0.5) is 0 Å². The van der Waals surface area contributed by atoms with Gasteiger partial charge in [-0.05, 0) is 39.3 Å². The number of benzene rings is 1. The molecule has 1 rings (SSSR count). The van der Waals surface area contributed by atoms with E-state index in [2.05, 4.69) is 0 Å². The van der Waals surface area contributed by atoms with E-state index in [0.29, 0.717) is 32.0 Å². The third-order valence-corrected chi connectivity index (χ3v) is 10.7. The maximum Gasteiger partial charge on any atom is 0.520 e. The molecular weight excluding hydrogens is 348 g/mol. The van der Waals surface area contributed by atoms with Crippen molar-refractivity contribution in [3.63, 3.8) is 0 Å². The van der Waals surface area contributed by atoms with Crippen molar-refractivity contribution in [1.29, 1.82) is 0 Å². The van der Waals surface area contributed by atoms with Crippen LogP contribution in [-0.2, 0) is 23.1 Å². The summed E-state index contributed by atoms with van der Waals surface area (Å²) < 4.78 is 49.3. The molecule has 6 nitrogen and oxygen atoms in total. The molecular formula is C16H28O6SSi. The Morgan fingerprint density at radius 3 is 1.88 bits per heavy atom. The summed E-state index contributed by atoms with van der Waals surface area (Å²) in [6.45, 7) is 8.20. The molecule has 1 unspecified atom stereocenters. The largest absolute Gasteiger partial charge is 0.520 e. The summed E-state index contributed by atoms with van der Waals surface area (Å²) >= 11 is 0. The van der Waals surface area contributed by atoms with Crippen LogP contribution in [0.2, 0.25) is 0 Å². The summed E-state index contributed by atoms with van der Waals surface area (Å²) in [4.78, 5) is -0.753. The highest BCUT2D eigenvalue weighted by Crippen LogP contribution is 2.33. The second-order valence-electron chi connectivity index (χ2n) is 5.00. The van der Waals surface area contributed by atoms with Gasteiger partial charge in [0.2, 0.25) is 0 Å². The van der Waals surface area contributed by atoms with E-state index in [9.17, 15) is 8.42 Å². The normalized spacial score (nSPS) is 13.7. The summed E-state index contributed by atoms with van der Waals surface area (Å²) in [5.74, 6) is 0.309. The molecule has 0 aromatic heterocycles. The fraction of sp³-hybridized carbons (Fsp3) is 0.625. The summed E-state index contributed by atoms with van der Waals surface area (Å²) in [6, 6.07) is 6.58. The van der Waals surface area contributed by atoms with Crippen molar-refractivity contribution in [1.82, 2.24) is 0 Å². The number of hydrogen-bond donors (Lipinski definition) is 0. The van der Waals surface area contributed by atoms with E-state index in [0.717, 1.165) is 0 Å². The fourth-order valence-corrected chi connectivity index (χ4v) is 9.15. The van der Waals surface area contributed by atoms with Gasteiger partial charge < -0.3 is 18.0 Å². The first-order chi connectivity index (χ1) is 11.4. The zero-order chi connectivity index (χ0) is 18.2. The van der Waals surface area contributed by atoms with Crippen molar-refractivity contribution in [2.45, 2.75) is 43.9 Å². The number of methoxy groups -OCH3 is 1. The van der Waals surface area contributed by atoms with Crippen LogP contribution in [0, 0.1) is 0 Å². The molecule has 0 aliphatic carbocycles. The van der Waals surface area contributed by atoms with Crippen molar-refractivity contribution in [3.8, 4) is 5.75 Å². The lowest BCUT2D eigenvalue weighted by Gasteiger charge is -2.34. The van der Waals surface area contributed by atoms with Crippen molar-refractivity contribution in [3.05, 3.63) is 24.3 Å². The molecule has 0 saturated carbocycles. The van der Waals surface area contributed by atoms with Crippen LogP contribution in [0.1, 0.15) is 34.1 Å². The van der Waals surface area contributed by atoms with Crippen LogP contribution in [0.25, 0.3) is 0 Å². The highest BCUT2D eigenvalue weighted by molar-refractivity contribution is 7.93. The first-order valence-corrected chi connectivity index (χ1v) is 11.6. The molecule has 0 spiro atoms. The van der Waals surface area contributed by atoms with Crippen LogP contribution >= 0.6 is 0 Å². The van der Waals surface area contributed by atoms with Crippen molar-refractivity contribution in [2.75, 3.05) is 26.9 Å². The van der Waals surface area contributed by atoms with E-state index in [4.69, 9.17) is 18.0 Å². The highest BCUT2D eigenvalue weighted by Gasteiger charge is 2.55. The second-order valence-corrected chi connectivity index (χ2v) is 10.3. The Kier molecular flexibility index (Phi) is 8.38. The maximum absolute atomic E-state index is 13.3. The molecule has 0 bridgehead atoms. The Labute approximate surface area is 146 Å². The monoisotopic (exact) mass is 376 g/mol. The van der Waals surface area contributed by atoms with E-state index in [1.807, 2.05) is 20.8 Å². The number of ether oxygens (including phenoxy) is 1. The van der Waals surface area contributed by atoms with E-state index in [-0.39, 0.29) is 4.90 Å². The molecule has 0 amide bonds. The van der Waals surface area contributed by atoms with Crippen LogP contribution in [0.3, 0.4) is 0 Å². The van der Waals surface area contributed by atoms with Crippen molar-refractivity contribution < 1.29 is 26.4 Å². The molecule has 0 saturated heterocycles. The Morgan fingerprint density at radius 1 is 0.958 bits per heavy atom. The molecule has 24 heavy (non-hydrogen) atoms. The average molecular weight is 377 g/mol. The Bertz CT molecular complexity index is 587. The molecule has 0 fully saturated rings. The smallest absolute Gasteiger partial charge is 0.495 e. The SMILES string of the molecule is CCO[Si](OCC)(OCC)C(CC)S(=O)(=O)c1ccccc1OC. The van der Waals surface area contributed by atoms with Crippen molar-refractivity contribution >= 4 is 18.6 Å². The first kappa shape index (κ1) is 21.1. The zero-order valence-electron chi connectivity index (χ0n) is 15.1. The fourth-order valence-electron chi connectivity index (χ4n) is 2.67. The Balaban J connectivity index is 3.47. The predicted molar refractivity (Wildman–Crippen MR) is 94.9 cm³/mol. The first-order valence-electron chi connectivity index (χ1n) is 8.22. The number of sulfone groups is 1. The van der Waals surface area contributed by atoms with Gasteiger partial charge in [-0.1, -0.05) is 19.1 Å². The zero-order valence-corrected chi connectivity index (χ0v) is 16.9. The van der Waals surface area contributed by atoms with Crippen LogP contribution in [-0.4, -0.2) is 49.0 Å². The van der Waals surface area contributed by atoms with Gasteiger partial charge in [-0.25, -0.2) is 8.42 Å². The number of rotatable bonds is 11. The minimum atomic E-state index is -3.76. The molecule has 8 heteroatoms. The summed E-state index contributed by atoms with van der Waals surface area (Å²) in [5.41, 5.74) is 0. The van der Waals surface area contributed by atoms with Gasteiger partial charge in [-0.2, -0.15) is 0 Å². The van der Waals surface area contributed by atoms with Crippen LogP contribution < -0.4 is 4.74 Å². The molecule has 1 atom stereocenters. The van der Waals surface area contributed by atoms with E-state index >= 15 is 0 Å². The lowest BCUT2D eigenvalue weighted by molar-refractivity contribution is 0.0684. The lowest BCUT2D eigenvalue weighted by Crippen LogP contribution is -2.59. The molecule has 0 radical (unpaired) electrons. The van der Waals surface area contributed by atoms with Crippen LogP contribution in [0.15, 0.2) is 29.2 Å². The molecule has 0 aliphatic rings. The van der Waals surface area contributed by atoms with Gasteiger partial charge in [0, 0.05) is 19.8 Å². The second kappa shape index (κ2) is 9.52. The summed E-state index contributed by atoms with van der Waals surface area (Å²) in [7, 11) is -5.73. The molecule has 1 aromatic carbocycles. The van der Waals surface area contributed by atoms with E-state index in [1.54, 1.807) is 31.2 Å². The maximum atomic E-state index is 13.3. The topological polar surface area (TPSA) is 71.1 Å². The van der Waals surface area contributed by atoms with Crippen LogP contribution in [0.5, 0.6) is 5.75 Å². The van der Waals surface area contributed by atoms with Gasteiger partial charge >= 0.3 is 8.80 Å². The quantitative estimate of drug-likeness (QED) is 0.553. The van der Waals surface area contributed by atoms with Crippen molar-refractivity contribution in [2.24, 2.45) is 0 Å². The summed E-state index contributed by atoms with van der Waals surface area (Å²) in [5, 5.41) is 0. The highest BCUT2D eigenvalue weighted by atomic mass is 32.2. The van der Waals surface area contributed by atoms with Gasteiger partial charge in [0.15, 0.2) is 9.84 Å². The minimum Gasteiger partial charge on any atom is -0.495 e. The standard InChI is InChI=1S/C16H28O6SSi/c1-6-16(24(20-7-2,21-8-3)22-9-4)23(17,18)15-13-11-10-12-14(15)19-5/h10-13,16H,6-9H2,1-5H3. The minimum absolute atomic E-state index is 0.135. The Hall–Kier alpha value is -0.933. The van der Waals surface area contributed by atoms with E-state index in [1.165, 1.54) is 7.11 Å². The molecule has 0 aliphatic heterocycles. The van der Waals surface area contributed by atoms with Gasteiger partial charge in [-0.3, -0.25) is 0 Å². The molecule has 138 valence electrons. The summed E-state index contributed by atoms with van der Waals surface area (Å²) in [6.07, 6.45) is 0.326. The van der Waals surface area contributed by atoms with Gasteiger partial charge in [0.1, 0.15) is 15.5 Å². The third kappa shape index (κ3) is 4.37. The van der Waals surface area contributed by atoms with Gasteiger partial charge in [0.25, 0.3) is 0 Å². The number of hydrogen-bond acceptors (Lipinski definition) is 6. The Morgan fingerprint density at radius 2 is 1.46 bits per heavy atom. The molecule has 0 N–H and O–H groups in total. The average Bonchev–Trinajstić information content (AvgIpc) is 2.56. The number of para-hydroxylation sites is 1. The third-order valence-electron chi connectivity index (χ3n) is 3.55. The van der Waals surface area contributed by atoms with Gasteiger partial charge in [0.05, 0.1) is 7.11 Å².